The van der Waals surface area contributed by atoms with Crippen molar-refractivity contribution in [3.63, 3.8) is 0 Å². The maximum Gasteiger partial charge on any atom is 0.355 e. The predicted octanol–water partition coefficient (Wildman–Crippen LogP) is 1.90. The third-order valence-electron chi connectivity index (χ3n) is 1.84. The molecule has 0 radical (unpaired) electrons. The number of aromatic nitrogens is 1. The second kappa shape index (κ2) is 4.00. The summed E-state index contributed by atoms with van der Waals surface area (Å²) in [6.07, 6.45) is -1.94. The zero-order valence-electron chi connectivity index (χ0n) is 7.66. The minimum atomic E-state index is -3.03. The summed E-state index contributed by atoms with van der Waals surface area (Å²) in [5, 5.41) is 17.3. The molecule has 0 aliphatic carbocycles. The van der Waals surface area contributed by atoms with E-state index < -0.39 is 23.7 Å². The number of hydrogen-bond donors (Lipinski definition) is 1. The lowest BCUT2D eigenvalue weighted by molar-refractivity contribution is 0.0677. The van der Waals surface area contributed by atoms with Gasteiger partial charge in [-0.2, -0.15) is 5.26 Å². The van der Waals surface area contributed by atoms with E-state index in [-0.39, 0.29) is 11.1 Å². The summed E-state index contributed by atoms with van der Waals surface area (Å²) in [5.41, 5.74) is -1.67. The monoisotopic (exact) mass is 212 g/mol. The summed E-state index contributed by atoms with van der Waals surface area (Å²) in [6.45, 7) is 1.42. The number of carboxylic acid groups (broad SMARTS) is 1. The van der Waals surface area contributed by atoms with Crippen LogP contribution in [0, 0.1) is 18.3 Å². The van der Waals surface area contributed by atoms with Gasteiger partial charge in [0.2, 0.25) is 0 Å². The van der Waals surface area contributed by atoms with Crippen LogP contribution >= 0.6 is 0 Å². The van der Waals surface area contributed by atoms with E-state index in [9.17, 15) is 13.6 Å². The number of rotatable bonds is 2. The highest BCUT2D eigenvalue weighted by Crippen LogP contribution is 2.27. The molecule has 0 fully saturated rings. The molecule has 1 aromatic rings. The van der Waals surface area contributed by atoms with Crippen molar-refractivity contribution in [1.29, 1.82) is 5.26 Å². The third kappa shape index (κ3) is 1.91. The fourth-order valence-corrected chi connectivity index (χ4v) is 1.16. The Bertz CT molecular complexity index is 452. The van der Waals surface area contributed by atoms with Crippen LogP contribution in [-0.2, 0) is 0 Å². The van der Waals surface area contributed by atoms with Crippen LogP contribution in [0.25, 0.3) is 0 Å². The lowest BCUT2D eigenvalue weighted by Gasteiger charge is -2.07. The van der Waals surface area contributed by atoms with Crippen molar-refractivity contribution in [3.05, 3.63) is 28.6 Å². The molecule has 0 aromatic carbocycles. The van der Waals surface area contributed by atoms with Crippen LogP contribution in [0.1, 0.15) is 33.6 Å². The van der Waals surface area contributed by atoms with Gasteiger partial charge >= 0.3 is 5.97 Å². The Balaban J connectivity index is 3.58. The molecular formula is C9H6F2N2O2. The zero-order valence-corrected chi connectivity index (χ0v) is 7.66. The number of aromatic carboxylic acids is 1. The average molecular weight is 212 g/mol. The molecule has 0 saturated carbocycles. The molecule has 0 amide bonds. The van der Waals surface area contributed by atoms with Gasteiger partial charge in [0.25, 0.3) is 6.43 Å². The number of hydrogen-bond acceptors (Lipinski definition) is 3. The van der Waals surface area contributed by atoms with Gasteiger partial charge in [0.15, 0.2) is 5.69 Å². The second-order valence-corrected chi connectivity index (χ2v) is 2.80. The number of aryl methyl sites for hydroxylation is 1. The minimum Gasteiger partial charge on any atom is -0.476 e. The van der Waals surface area contributed by atoms with Gasteiger partial charge in [-0.15, -0.1) is 0 Å². The molecule has 0 aliphatic rings. The molecule has 0 atom stereocenters. The van der Waals surface area contributed by atoms with Crippen LogP contribution in [-0.4, -0.2) is 16.1 Å². The van der Waals surface area contributed by atoms with E-state index in [1.165, 1.54) is 6.92 Å². The molecule has 0 unspecified atom stereocenters. The van der Waals surface area contributed by atoms with Gasteiger partial charge in [-0.05, 0) is 12.5 Å². The van der Waals surface area contributed by atoms with E-state index in [4.69, 9.17) is 10.4 Å². The molecule has 78 valence electrons. The molecule has 6 heteroatoms. The van der Waals surface area contributed by atoms with Crippen molar-refractivity contribution in [1.82, 2.24) is 4.98 Å². The molecular weight excluding hydrogens is 206 g/mol. The van der Waals surface area contributed by atoms with Gasteiger partial charge in [0.05, 0.1) is 11.1 Å². The number of nitriles is 1. The van der Waals surface area contributed by atoms with Gasteiger partial charge in [0.1, 0.15) is 6.07 Å². The van der Waals surface area contributed by atoms with Crippen LogP contribution in [0.15, 0.2) is 6.20 Å². The first-order valence-electron chi connectivity index (χ1n) is 3.90. The Morgan fingerprint density at radius 3 is 2.67 bits per heavy atom. The minimum absolute atomic E-state index is 0.234. The standard InChI is InChI=1S/C9H6F2N2O2/c1-4-3-13-7(9(14)15)6(8(10)11)5(4)2-12/h3,8H,1H3,(H,14,15). The fourth-order valence-electron chi connectivity index (χ4n) is 1.16. The number of alkyl halides is 2. The third-order valence-corrected chi connectivity index (χ3v) is 1.84. The summed E-state index contributed by atoms with van der Waals surface area (Å²) >= 11 is 0. The van der Waals surface area contributed by atoms with Gasteiger partial charge < -0.3 is 5.11 Å². The second-order valence-electron chi connectivity index (χ2n) is 2.80. The van der Waals surface area contributed by atoms with Crippen LogP contribution in [0.4, 0.5) is 8.78 Å². The molecule has 1 heterocycles. The number of pyridine rings is 1. The largest absolute Gasteiger partial charge is 0.476 e. The first-order chi connectivity index (χ1) is 6.99. The fraction of sp³-hybridized carbons (Fsp3) is 0.222. The summed E-state index contributed by atoms with van der Waals surface area (Å²) in [5.74, 6) is -1.57. The van der Waals surface area contributed by atoms with Gasteiger partial charge in [-0.25, -0.2) is 18.6 Å². The predicted molar refractivity (Wildman–Crippen MR) is 45.6 cm³/mol. The normalized spacial score (nSPS) is 10.1. The summed E-state index contributed by atoms with van der Waals surface area (Å²) in [7, 11) is 0. The van der Waals surface area contributed by atoms with E-state index in [0.717, 1.165) is 6.20 Å². The van der Waals surface area contributed by atoms with E-state index >= 15 is 0 Å². The SMILES string of the molecule is Cc1cnc(C(=O)O)c(C(F)F)c1C#N. The van der Waals surface area contributed by atoms with Gasteiger partial charge in [-0.1, -0.05) is 0 Å². The van der Waals surface area contributed by atoms with Crippen molar-refractivity contribution >= 4 is 5.97 Å². The zero-order chi connectivity index (χ0) is 11.6. The van der Waals surface area contributed by atoms with Crippen LogP contribution in [0.3, 0.4) is 0 Å². The molecule has 0 bridgehead atoms. The van der Waals surface area contributed by atoms with Crippen molar-refractivity contribution in [3.8, 4) is 6.07 Å². The molecule has 0 saturated heterocycles. The van der Waals surface area contributed by atoms with E-state index in [1.807, 2.05) is 0 Å². The van der Waals surface area contributed by atoms with Crippen LogP contribution < -0.4 is 0 Å². The van der Waals surface area contributed by atoms with Crippen LogP contribution in [0.5, 0.6) is 0 Å². The highest BCUT2D eigenvalue weighted by atomic mass is 19.3. The van der Waals surface area contributed by atoms with E-state index in [1.54, 1.807) is 6.07 Å². The van der Waals surface area contributed by atoms with E-state index in [2.05, 4.69) is 4.98 Å². The first-order valence-corrected chi connectivity index (χ1v) is 3.90. The van der Waals surface area contributed by atoms with Crippen molar-refractivity contribution < 1.29 is 18.7 Å². The average Bonchev–Trinajstić information content (AvgIpc) is 2.16. The highest BCUT2D eigenvalue weighted by molar-refractivity contribution is 5.88. The summed E-state index contributed by atoms with van der Waals surface area (Å²) in [4.78, 5) is 14.0. The smallest absolute Gasteiger partial charge is 0.355 e. The van der Waals surface area contributed by atoms with Gasteiger partial charge in [-0.3, -0.25) is 0 Å². The molecule has 1 N–H and O–H groups in total. The molecule has 1 rings (SSSR count). The Hall–Kier alpha value is -2.03. The molecule has 15 heavy (non-hydrogen) atoms. The van der Waals surface area contributed by atoms with Gasteiger partial charge in [0, 0.05) is 6.20 Å². The maximum absolute atomic E-state index is 12.6. The topological polar surface area (TPSA) is 74.0 Å². The Labute approximate surface area is 83.8 Å². The number of carbonyl (C=O) groups is 1. The lowest BCUT2D eigenvalue weighted by atomic mass is 10.0. The molecule has 0 spiro atoms. The number of nitrogens with zero attached hydrogens (tertiary/aromatic N) is 2. The number of carboxylic acids is 1. The summed E-state index contributed by atoms with van der Waals surface area (Å²) in [6, 6.07) is 1.56. The lowest BCUT2D eigenvalue weighted by Crippen LogP contribution is -2.09. The Morgan fingerprint density at radius 2 is 2.27 bits per heavy atom. The summed E-state index contributed by atoms with van der Waals surface area (Å²) < 4.78 is 25.1. The Morgan fingerprint density at radius 1 is 1.67 bits per heavy atom. The number of halogens is 2. The van der Waals surface area contributed by atoms with Crippen molar-refractivity contribution in [2.75, 3.05) is 0 Å². The highest BCUT2D eigenvalue weighted by Gasteiger charge is 2.24. The molecule has 4 nitrogen and oxygen atoms in total. The van der Waals surface area contributed by atoms with Crippen molar-refractivity contribution in [2.45, 2.75) is 13.3 Å². The molecule has 0 aliphatic heterocycles. The van der Waals surface area contributed by atoms with Crippen molar-refractivity contribution in [2.24, 2.45) is 0 Å². The van der Waals surface area contributed by atoms with Crippen LogP contribution in [0.2, 0.25) is 0 Å². The Kier molecular flexibility index (Phi) is 2.95. The molecule has 1 aromatic heterocycles. The van der Waals surface area contributed by atoms with E-state index in [0.29, 0.717) is 0 Å². The maximum atomic E-state index is 12.6. The first kappa shape index (κ1) is 11.0. The quantitative estimate of drug-likeness (QED) is 0.812.